The van der Waals surface area contributed by atoms with Crippen LogP contribution in [0.5, 0.6) is 0 Å². The van der Waals surface area contributed by atoms with Gasteiger partial charge in [0.2, 0.25) is 5.43 Å². The summed E-state index contributed by atoms with van der Waals surface area (Å²) >= 11 is 0. The van der Waals surface area contributed by atoms with E-state index in [0.717, 1.165) is 62.4 Å². The third-order valence-corrected chi connectivity index (χ3v) is 8.01. The number of hydrogen-bond donors (Lipinski definition) is 2. The van der Waals surface area contributed by atoms with Crippen LogP contribution < -0.4 is 16.1 Å². The van der Waals surface area contributed by atoms with E-state index in [9.17, 15) is 9.59 Å². The van der Waals surface area contributed by atoms with Gasteiger partial charge in [-0.15, -0.1) is 0 Å². The minimum absolute atomic E-state index is 0.172. The second kappa shape index (κ2) is 9.79. The zero-order valence-corrected chi connectivity index (χ0v) is 21.7. The molecule has 2 aliphatic heterocycles. The van der Waals surface area contributed by atoms with Crippen LogP contribution in [0.15, 0.2) is 41.2 Å². The molecular weight excluding hydrogens is 466 g/mol. The fourth-order valence-electron chi connectivity index (χ4n) is 5.91. The van der Waals surface area contributed by atoms with Crippen molar-refractivity contribution in [2.45, 2.75) is 31.7 Å². The summed E-state index contributed by atoms with van der Waals surface area (Å²) in [5.41, 5.74) is 2.89. The fraction of sp³-hybridized carbons (Fsp3) is 0.464. The molecule has 1 amide bonds. The molecule has 0 aliphatic carbocycles. The number of carbonyl (C=O) groups excluding carboxylic acids is 1. The molecule has 0 unspecified atom stereocenters. The number of carbonyl (C=O) groups is 1. The molecule has 9 nitrogen and oxygen atoms in total. The lowest BCUT2D eigenvalue weighted by atomic mass is 10.1. The number of anilines is 1. The Morgan fingerprint density at radius 3 is 2.49 bits per heavy atom. The van der Waals surface area contributed by atoms with Crippen molar-refractivity contribution in [2.75, 3.05) is 51.6 Å². The normalized spacial score (nSPS) is 17.8. The maximum Gasteiger partial charge on any atom is 0.259 e. The molecule has 6 rings (SSSR count). The number of amides is 1. The summed E-state index contributed by atoms with van der Waals surface area (Å²) in [5, 5.41) is 7.05. The fourth-order valence-corrected chi connectivity index (χ4v) is 5.91. The maximum absolute atomic E-state index is 13.8. The van der Waals surface area contributed by atoms with Crippen molar-refractivity contribution >= 4 is 39.4 Å². The number of nitrogens with one attached hydrogen (secondary N) is 2. The molecular formula is C28H35N7O2. The highest BCUT2D eigenvalue weighted by molar-refractivity contribution is 6.05. The van der Waals surface area contributed by atoms with Gasteiger partial charge in [-0.05, 0) is 83.2 Å². The Bertz CT molecular complexity index is 1520. The zero-order valence-electron chi connectivity index (χ0n) is 21.7. The third kappa shape index (κ3) is 4.36. The molecule has 0 radical (unpaired) electrons. The van der Waals surface area contributed by atoms with Gasteiger partial charge in [-0.25, -0.2) is 4.98 Å². The number of piperidine rings is 1. The molecule has 2 saturated heterocycles. The van der Waals surface area contributed by atoms with E-state index in [0.29, 0.717) is 29.3 Å². The van der Waals surface area contributed by atoms with E-state index in [2.05, 4.69) is 27.5 Å². The lowest BCUT2D eigenvalue weighted by Gasteiger charge is -2.29. The minimum Gasteiger partial charge on any atom is -0.367 e. The molecule has 0 saturated carbocycles. The first-order chi connectivity index (χ1) is 18.0. The molecule has 1 aromatic carbocycles. The summed E-state index contributed by atoms with van der Waals surface area (Å²) in [6, 6.07) is 12.0. The molecule has 3 aromatic heterocycles. The highest BCUT2D eigenvalue weighted by atomic mass is 16.2. The van der Waals surface area contributed by atoms with Crippen LogP contribution in [-0.2, 0) is 7.05 Å². The predicted molar refractivity (Wildman–Crippen MR) is 148 cm³/mol. The molecule has 0 bridgehead atoms. The molecule has 9 heteroatoms. The highest BCUT2D eigenvalue weighted by Crippen LogP contribution is 2.26. The number of nitrogens with zero attached hydrogens (tertiary/aromatic N) is 5. The molecule has 37 heavy (non-hydrogen) atoms. The van der Waals surface area contributed by atoms with Crippen molar-refractivity contribution in [3.63, 3.8) is 0 Å². The van der Waals surface area contributed by atoms with Crippen LogP contribution in [0.25, 0.3) is 27.7 Å². The van der Waals surface area contributed by atoms with Crippen molar-refractivity contribution in [3.05, 3.63) is 52.2 Å². The van der Waals surface area contributed by atoms with Gasteiger partial charge in [0.25, 0.3) is 5.91 Å². The highest BCUT2D eigenvalue weighted by Gasteiger charge is 2.25. The molecule has 0 spiro atoms. The van der Waals surface area contributed by atoms with E-state index in [4.69, 9.17) is 4.98 Å². The van der Waals surface area contributed by atoms with Crippen LogP contribution in [0, 0.1) is 0 Å². The number of benzene rings is 1. The average molecular weight is 502 g/mol. The largest absolute Gasteiger partial charge is 0.367 e. The van der Waals surface area contributed by atoms with Gasteiger partial charge in [-0.2, -0.15) is 0 Å². The molecule has 0 atom stereocenters. The second-order valence-electron chi connectivity index (χ2n) is 10.5. The standard InChI is InChI=1S/C28H35N7O2/c1-32-16-11-19(12-17-32)30-23-10-9-20-25(36)24(27(37)29-13-18-34-14-5-6-15-34)28-33(2)21-7-3-4-8-22(21)35(28)26(20)31-23/h3-4,7-10,19H,5-6,11-18H2,1-2H3,(H,29,37)(H,30,31). The van der Waals surface area contributed by atoms with Gasteiger partial charge in [0.1, 0.15) is 17.0 Å². The second-order valence-corrected chi connectivity index (χ2v) is 10.5. The number of likely N-dealkylation sites (tertiary alicyclic amines) is 2. The van der Waals surface area contributed by atoms with Crippen molar-refractivity contribution in [1.82, 2.24) is 29.1 Å². The van der Waals surface area contributed by atoms with Gasteiger partial charge in [-0.1, -0.05) is 12.1 Å². The number of fused-ring (bicyclic) bond motifs is 5. The average Bonchev–Trinajstić information content (AvgIpc) is 3.52. The van der Waals surface area contributed by atoms with E-state index in [-0.39, 0.29) is 16.9 Å². The number of pyridine rings is 2. The summed E-state index contributed by atoms with van der Waals surface area (Å²) in [6.45, 7) is 5.56. The predicted octanol–water partition coefficient (Wildman–Crippen LogP) is 2.67. The quantitative estimate of drug-likeness (QED) is 0.423. The van der Waals surface area contributed by atoms with Gasteiger partial charge in [0.15, 0.2) is 5.65 Å². The molecule has 2 N–H and O–H groups in total. The monoisotopic (exact) mass is 501 g/mol. The number of rotatable bonds is 6. The Morgan fingerprint density at radius 1 is 1.00 bits per heavy atom. The van der Waals surface area contributed by atoms with Gasteiger partial charge in [-0.3, -0.25) is 14.0 Å². The lowest BCUT2D eigenvalue weighted by Crippen LogP contribution is -2.37. The van der Waals surface area contributed by atoms with Crippen molar-refractivity contribution < 1.29 is 4.79 Å². The number of imidazole rings is 1. The summed E-state index contributed by atoms with van der Waals surface area (Å²) in [5.74, 6) is 0.425. The maximum atomic E-state index is 13.8. The van der Waals surface area contributed by atoms with Gasteiger partial charge >= 0.3 is 0 Å². The van der Waals surface area contributed by atoms with E-state index < -0.39 is 0 Å². The Morgan fingerprint density at radius 2 is 1.73 bits per heavy atom. The van der Waals surface area contributed by atoms with Gasteiger partial charge in [0, 0.05) is 26.2 Å². The first-order valence-electron chi connectivity index (χ1n) is 13.4. The number of aromatic nitrogens is 3. The SMILES string of the molecule is CN1CCC(Nc2ccc3c(=O)c(C(=O)NCCN4CCCC4)c4n(C)c5ccccc5n4c3n2)CC1. The summed E-state index contributed by atoms with van der Waals surface area (Å²) in [6.07, 6.45) is 4.52. The summed E-state index contributed by atoms with van der Waals surface area (Å²) in [7, 11) is 4.05. The smallest absolute Gasteiger partial charge is 0.259 e. The van der Waals surface area contributed by atoms with Crippen molar-refractivity contribution in [1.29, 1.82) is 0 Å². The molecule has 2 aliphatic rings. The van der Waals surface area contributed by atoms with Gasteiger partial charge < -0.3 is 25.0 Å². The van der Waals surface area contributed by atoms with Gasteiger partial charge in [0.05, 0.1) is 16.4 Å². The topological polar surface area (TPSA) is 86.9 Å². The van der Waals surface area contributed by atoms with E-state index >= 15 is 0 Å². The van der Waals surface area contributed by atoms with Crippen LogP contribution in [-0.4, -0.2) is 82.0 Å². The summed E-state index contributed by atoms with van der Waals surface area (Å²) < 4.78 is 3.91. The molecule has 2 fully saturated rings. The number of hydrogen-bond acceptors (Lipinski definition) is 6. The van der Waals surface area contributed by atoms with E-state index in [1.165, 1.54) is 12.8 Å². The van der Waals surface area contributed by atoms with Crippen LogP contribution in [0.1, 0.15) is 36.0 Å². The first-order valence-corrected chi connectivity index (χ1v) is 13.4. The zero-order chi connectivity index (χ0) is 25.5. The molecule has 5 heterocycles. The summed E-state index contributed by atoms with van der Waals surface area (Å²) in [4.78, 5) is 36.9. The van der Waals surface area contributed by atoms with Crippen LogP contribution in [0.3, 0.4) is 0 Å². The third-order valence-electron chi connectivity index (χ3n) is 8.01. The Hall–Kier alpha value is -3.43. The van der Waals surface area contributed by atoms with E-state index in [1.807, 2.05) is 52.4 Å². The Kier molecular flexibility index (Phi) is 6.34. The van der Waals surface area contributed by atoms with Crippen LogP contribution in [0.2, 0.25) is 0 Å². The number of aryl methyl sites for hydroxylation is 1. The first kappa shape index (κ1) is 23.9. The van der Waals surface area contributed by atoms with E-state index in [1.54, 1.807) is 0 Å². The Labute approximate surface area is 216 Å². The minimum atomic E-state index is -0.331. The molecule has 194 valence electrons. The van der Waals surface area contributed by atoms with Crippen LogP contribution in [0.4, 0.5) is 5.82 Å². The van der Waals surface area contributed by atoms with Crippen LogP contribution >= 0.6 is 0 Å². The number of para-hydroxylation sites is 2. The Balaban J connectivity index is 1.44. The molecule has 4 aromatic rings. The lowest BCUT2D eigenvalue weighted by molar-refractivity contribution is 0.0950. The van der Waals surface area contributed by atoms with Crippen molar-refractivity contribution in [3.8, 4) is 0 Å². The van der Waals surface area contributed by atoms with Crippen molar-refractivity contribution in [2.24, 2.45) is 7.05 Å².